The molecule has 2 aliphatic rings. The molecule has 1 amide bonds. The van der Waals surface area contributed by atoms with E-state index in [1.807, 2.05) is 11.9 Å². The maximum Gasteiger partial charge on any atom is 0.411 e. The van der Waals surface area contributed by atoms with Crippen molar-refractivity contribution in [3.05, 3.63) is 0 Å². The summed E-state index contributed by atoms with van der Waals surface area (Å²) >= 11 is 0. The van der Waals surface area contributed by atoms with E-state index in [0.29, 0.717) is 19.5 Å². The maximum atomic E-state index is 12.5. The Morgan fingerprint density at radius 1 is 1.35 bits per heavy atom. The predicted molar refractivity (Wildman–Crippen MR) is 73.6 cm³/mol. The molecule has 1 unspecified atom stereocenters. The number of hydrogen-bond acceptors (Lipinski definition) is 4. The molecular formula is C14H24N2O4. The van der Waals surface area contributed by atoms with Gasteiger partial charge in [0, 0.05) is 19.1 Å². The van der Waals surface area contributed by atoms with Crippen LogP contribution in [-0.4, -0.2) is 64.3 Å². The van der Waals surface area contributed by atoms with Crippen molar-refractivity contribution in [1.29, 1.82) is 0 Å². The first-order chi connectivity index (χ1) is 9.16. The highest BCUT2D eigenvalue weighted by Crippen LogP contribution is 2.39. The van der Waals surface area contributed by atoms with E-state index in [0.717, 1.165) is 12.8 Å². The topological polar surface area (TPSA) is 70.1 Å². The Hall–Kier alpha value is -1.30. The van der Waals surface area contributed by atoms with E-state index in [2.05, 4.69) is 0 Å². The molecule has 0 aromatic heterocycles. The van der Waals surface area contributed by atoms with Crippen LogP contribution in [0.5, 0.6) is 0 Å². The standard InChI is InChI=1S/C14H24N2O4/c1-13(2,3)20-12(19)16(10-5-6-10)14(11(17)18)7-8-15(4)9-14/h10H,5-9H2,1-4H3,(H,17,18). The molecule has 1 saturated heterocycles. The number of amides is 1. The Morgan fingerprint density at radius 2 is 1.95 bits per heavy atom. The Kier molecular flexibility index (Phi) is 3.71. The van der Waals surface area contributed by atoms with Gasteiger partial charge >= 0.3 is 12.1 Å². The van der Waals surface area contributed by atoms with Crippen LogP contribution in [-0.2, 0) is 9.53 Å². The van der Waals surface area contributed by atoms with Crippen LogP contribution >= 0.6 is 0 Å². The Balaban J connectivity index is 2.27. The molecular weight excluding hydrogens is 260 g/mol. The van der Waals surface area contributed by atoms with Crippen molar-refractivity contribution in [2.75, 3.05) is 20.1 Å². The fourth-order valence-corrected chi connectivity index (χ4v) is 2.77. The lowest BCUT2D eigenvalue weighted by molar-refractivity contribution is -0.151. The van der Waals surface area contributed by atoms with Gasteiger partial charge in [-0.2, -0.15) is 0 Å². The van der Waals surface area contributed by atoms with Gasteiger partial charge in [-0.1, -0.05) is 0 Å². The van der Waals surface area contributed by atoms with Gasteiger partial charge in [0.25, 0.3) is 0 Å². The van der Waals surface area contributed by atoms with Gasteiger partial charge in [-0.05, 0) is 47.1 Å². The number of carbonyl (C=O) groups excluding carboxylic acids is 1. The average molecular weight is 284 g/mol. The van der Waals surface area contributed by atoms with Crippen LogP contribution in [0.4, 0.5) is 4.79 Å². The van der Waals surface area contributed by atoms with E-state index in [-0.39, 0.29) is 6.04 Å². The summed E-state index contributed by atoms with van der Waals surface area (Å²) in [7, 11) is 1.88. The minimum Gasteiger partial charge on any atom is -0.479 e. The number of carboxylic acids is 1. The van der Waals surface area contributed by atoms with Gasteiger partial charge in [0.15, 0.2) is 5.54 Å². The van der Waals surface area contributed by atoms with Crippen molar-refractivity contribution in [3.63, 3.8) is 0 Å². The van der Waals surface area contributed by atoms with Crippen molar-refractivity contribution in [3.8, 4) is 0 Å². The highest BCUT2D eigenvalue weighted by atomic mass is 16.6. The van der Waals surface area contributed by atoms with E-state index in [1.54, 1.807) is 20.8 Å². The zero-order chi connectivity index (χ0) is 15.1. The highest BCUT2D eigenvalue weighted by molar-refractivity contribution is 5.85. The Morgan fingerprint density at radius 3 is 2.30 bits per heavy atom. The average Bonchev–Trinajstić information content (AvgIpc) is 3.00. The summed E-state index contributed by atoms with van der Waals surface area (Å²) < 4.78 is 5.43. The molecule has 0 radical (unpaired) electrons. The second kappa shape index (κ2) is 4.91. The largest absolute Gasteiger partial charge is 0.479 e. The van der Waals surface area contributed by atoms with E-state index in [9.17, 15) is 14.7 Å². The molecule has 1 saturated carbocycles. The maximum absolute atomic E-state index is 12.5. The molecule has 114 valence electrons. The summed E-state index contributed by atoms with van der Waals surface area (Å²) in [4.78, 5) is 27.7. The van der Waals surface area contributed by atoms with E-state index in [4.69, 9.17) is 4.74 Å². The normalized spacial score (nSPS) is 27.4. The third kappa shape index (κ3) is 2.90. The molecule has 1 aliphatic heterocycles. The van der Waals surface area contributed by atoms with Crippen molar-refractivity contribution in [1.82, 2.24) is 9.80 Å². The summed E-state index contributed by atoms with van der Waals surface area (Å²) in [5, 5.41) is 9.70. The predicted octanol–water partition coefficient (Wildman–Crippen LogP) is 1.54. The molecule has 1 aliphatic carbocycles. The second-order valence-corrected chi connectivity index (χ2v) is 6.91. The smallest absolute Gasteiger partial charge is 0.411 e. The first-order valence-corrected chi connectivity index (χ1v) is 7.10. The number of hydrogen-bond donors (Lipinski definition) is 1. The van der Waals surface area contributed by atoms with Crippen LogP contribution in [0.2, 0.25) is 0 Å². The number of ether oxygens (including phenoxy) is 1. The Bertz CT molecular complexity index is 414. The second-order valence-electron chi connectivity index (χ2n) is 6.91. The van der Waals surface area contributed by atoms with E-state index < -0.39 is 23.2 Å². The summed E-state index contributed by atoms with van der Waals surface area (Å²) in [5.74, 6) is -0.931. The zero-order valence-electron chi connectivity index (χ0n) is 12.7. The zero-order valence-corrected chi connectivity index (χ0v) is 12.7. The van der Waals surface area contributed by atoms with Crippen molar-refractivity contribution >= 4 is 12.1 Å². The molecule has 20 heavy (non-hydrogen) atoms. The van der Waals surface area contributed by atoms with E-state index >= 15 is 0 Å². The molecule has 1 atom stereocenters. The number of carboxylic acid groups (broad SMARTS) is 1. The first-order valence-electron chi connectivity index (χ1n) is 7.10. The van der Waals surface area contributed by atoms with Gasteiger partial charge in [-0.25, -0.2) is 9.59 Å². The van der Waals surface area contributed by atoms with Crippen molar-refractivity contribution < 1.29 is 19.4 Å². The lowest BCUT2D eigenvalue weighted by Gasteiger charge is -2.38. The molecule has 0 aromatic carbocycles. The van der Waals surface area contributed by atoms with Gasteiger partial charge in [-0.15, -0.1) is 0 Å². The fraction of sp³-hybridized carbons (Fsp3) is 0.857. The highest BCUT2D eigenvalue weighted by Gasteiger charge is 2.56. The minimum atomic E-state index is -1.14. The number of likely N-dealkylation sites (tertiary alicyclic amines) is 1. The van der Waals surface area contributed by atoms with Gasteiger partial charge in [0.05, 0.1) is 0 Å². The lowest BCUT2D eigenvalue weighted by atomic mass is 9.96. The van der Waals surface area contributed by atoms with Crippen molar-refractivity contribution in [2.45, 2.75) is 57.2 Å². The molecule has 0 spiro atoms. The molecule has 0 bridgehead atoms. The third-order valence-corrected chi connectivity index (χ3v) is 3.80. The van der Waals surface area contributed by atoms with Gasteiger partial charge in [-0.3, -0.25) is 4.90 Å². The SMILES string of the molecule is CN1CCC(C(=O)O)(N(C(=O)OC(C)(C)C)C2CC2)C1. The summed E-state index contributed by atoms with van der Waals surface area (Å²) in [6.45, 7) is 6.43. The van der Waals surface area contributed by atoms with Crippen LogP contribution < -0.4 is 0 Å². The van der Waals surface area contributed by atoms with Crippen LogP contribution in [0, 0.1) is 0 Å². The number of nitrogens with zero attached hydrogens (tertiary/aromatic N) is 2. The van der Waals surface area contributed by atoms with E-state index in [1.165, 1.54) is 4.90 Å². The number of rotatable bonds is 3. The molecule has 6 heteroatoms. The minimum absolute atomic E-state index is 0.00690. The molecule has 0 aromatic rings. The third-order valence-electron chi connectivity index (χ3n) is 3.80. The lowest BCUT2D eigenvalue weighted by Crippen LogP contribution is -2.60. The molecule has 1 N–H and O–H groups in total. The monoisotopic (exact) mass is 284 g/mol. The quantitative estimate of drug-likeness (QED) is 0.851. The van der Waals surface area contributed by atoms with Crippen LogP contribution in [0.3, 0.4) is 0 Å². The van der Waals surface area contributed by atoms with Gasteiger partial charge in [0.1, 0.15) is 5.60 Å². The summed E-state index contributed by atoms with van der Waals surface area (Å²) in [6, 6.07) is 0.00690. The molecule has 2 fully saturated rings. The first kappa shape index (κ1) is 15.1. The number of likely N-dealkylation sites (N-methyl/N-ethyl adjacent to an activating group) is 1. The summed E-state index contributed by atoms with van der Waals surface area (Å²) in [6.07, 6.45) is 1.67. The van der Waals surface area contributed by atoms with Crippen LogP contribution in [0.1, 0.15) is 40.0 Å². The van der Waals surface area contributed by atoms with Gasteiger partial charge < -0.3 is 14.7 Å². The van der Waals surface area contributed by atoms with Crippen LogP contribution in [0.25, 0.3) is 0 Å². The molecule has 1 heterocycles. The fourth-order valence-electron chi connectivity index (χ4n) is 2.77. The number of carbonyl (C=O) groups is 2. The van der Waals surface area contributed by atoms with Crippen molar-refractivity contribution in [2.24, 2.45) is 0 Å². The number of aliphatic carboxylic acids is 1. The Labute approximate surface area is 119 Å². The van der Waals surface area contributed by atoms with Gasteiger partial charge in [0.2, 0.25) is 0 Å². The molecule has 2 rings (SSSR count). The van der Waals surface area contributed by atoms with Crippen LogP contribution in [0.15, 0.2) is 0 Å². The summed E-state index contributed by atoms with van der Waals surface area (Å²) in [5.41, 5.74) is -1.76. The molecule has 6 nitrogen and oxygen atoms in total.